The number of piperidine rings is 1. The van der Waals surface area contributed by atoms with Crippen LogP contribution in [-0.4, -0.2) is 38.0 Å². The molecule has 2 aromatic carbocycles. The van der Waals surface area contributed by atoms with E-state index in [2.05, 4.69) is 22.7 Å². The average Bonchev–Trinajstić information content (AvgIpc) is 3.16. The maximum absolute atomic E-state index is 14.0. The Hall–Kier alpha value is -3.00. The fourth-order valence-electron chi connectivity index (χ4n) is 4.78. The van der Waals surface area contributed by atoms with Gasteiger partial charge < -0.3 is 15.2 Å². The smallest absolute Gasteiger partial charge is 0.216 e. The largest absolute Gasteiger partial charge is 0.357 e. The molecule has 1 aliphatic heterocycles. The molecule has 0 radical (unpaired) electrons. The van der Waals surface area contributed by atoms with E-state index >= 15 is 0 Å². The summed E-state index contributed by atoms with van der Waals surface area (Å²) >= 11 is 0. The topological polar surface area (TPSA) is 67.2 Å². The number of hydrogen-bond donors (Lipinski definition) is 2. The maximum Gasteiger partial charge on any atom is 0.216 e. The Morgan fingerprint density at radius 1 is 1.21 bits per heavy atom. The Bertz CT molecular complexity index is 1150. The number of amides is 1. The molecular formula is C25H28BF2N3O2. The summed E-state index contributed by atoms with van der Waals surface area (Å²) in [4.78, 5) is 11.2. The summed E-state index contributed by atoms with van der Waals surface area (Å²) in [6, 6.07) is 12.3. The third-order valence-corrected chi connectivity index (χ3v) is 6.49. The van der Waals surface area contributed by atoms with E-state index in [0.717, 1.165) is 34.3 Å². The first-order valence-corrected chi connectivity index (χ1v) is 11.3. The molecule has 0 saturated carbocycles. The predicted octanol–water partition coefficient (Wildman–Crippen LogP) is 2.81. The van der Waals surface area contributed by atoms with Crippen molar-refractivity contribution in [1.29, 1.82) is 0 Å². The molecule has 0 aliphatic carbocycles. The Kier molecular flexibility index (Phi) is 6.93. The second-order valence-electron chi connectivity index (χ2n) is 8.84. The van der Waals surface area contributed by atoms with Gasteiger partial charge in [-0.15, -0.1) is 0 Å². The fourth-order valence-corrected chi connectivity index (χ4v) is 4.78. The van der Waals surface area contributed by atoms with Crippen LogP contribution in [0.3, 0.4) is 0 Å². The minimum atomic E-state index is -0.840. The first-order chi connectivity index (χ1) is 15.8. The van der Waals surface area contributed by atoms with Crippen molar-refractivity contribution in [1.82, 2.24) is 15.8 Å². The summed E-state index contributed by atoms with van der Waals surface area (Å²) in [5, 5.41) is 10.8. The Labute approximate surface area is 193 Å². The van der Waals surface area contributed by atoms with Crippen molar-refractivity contribution in [3.63, 3.8) is 0 Å². The van der Waals surface area contributed by atoms with Gasteiger partial charge in [-0.25, -0.2) is 8.78 Å². The van der Waals surface area contributed by atoms with Crippen molar-refractivity contribution >= 4 is 19.2 Å². The monoisotopic (exact) mass is 451 g/mol. The molecule has 33 heavy (non-hydrogen) atoms. The number of halogens is 2. The molecule has 1 fully saturated rings. The molecule has 1 aliphatic rings. The molecule has 1 aromatic heterocycles. The lowest BCUT2D eigenvalue weighted by Gasteiger charge is -2.35. The second-order valence-corrected chi connectivity index (χ2v) is 8.84. The predicted molar refractivity (Wildman–Crippen MR) is 126 cm³/mol. The number of nitrogens with one attached hydrogen (secondary N) is 2. The van der Waals surface area contributed by atoms with E-state index in [1.807, 2.05) is 32.1 Å². The van der Waals surface area contributed by atoms with E-state index in [-0.39, 0.29) is 23.8 Å². The quantitative estimate of drug-likeness (QED) is 0.566. The van der Waals surface area contributed by atoms with Gasteiger partial charge in [-0.2, -0.15) is 0 Å². The number of carbonyl (C=O) groups excluding carboxylic acids is 1. The maximum atomic E-state index is 14.0. The third-order valence-electron chi connectivity index (χ3n) is 6.49. The highest BCUT2D eigenvalue weighted by Gasteiger charge is 2.35. The number of nitrogens with zero attached hydrogens (tertiary/aromatic N) is 1. The molecule has 0 unspecified atom stereocenters. The number of hydrogen-bond acceptors (Lipinski definition) is 4. The van der Waals surface area contributed by atoms with Crippen LogP contribution in [0.1, 0.15) is 48.9 Å². The first kappa shape index (κ1) is 23.2. The Morgan fingerprint density at radius 3 is 2.76 bits per heavy atom. The first-order valence-electron chi connectivity index (χ1n) is 11.3. The van der Waals surface area contributed by atoms with Crippen LogP contribution in [0, 0.1) is 11.6 Å². The lowest BCUT2D eigenvalue weighted by molar-refractivity contribution is -0.118. The van der Waals surface area contributed by atoms with E-state index in [4.69, 9.17) is 4.52 Å². The van der Waals surface area contributed by atoms with Crippen molar-refractivity contribution in [2.24, 2.45) is 0 Å². The highest BCUT2D eigenvalue weighted by Crippen LogP contribution is 2.39. The summed E-state index contributed by atoms with van der Waals surface area (Å²) in [5.41, 5.74) is 4.55. The van der Waals surface area contributed by atoms with E-state index in [1.54, 1.807) is 6.07 Å². The number of aromatic nitrogens is 1. The van der Waals surface area contributed by atoms with Gasteiger partial charge in [0.1, 0.15) is 7.85 Å². The molecule has 3 atom stereocenters. The lowest BCUT2D eigenvalue weighted by atomic mass is 9.73. The van der Waals surface area contributed by atoms with Gasteiger partial charge in [0.05, 0.1) is 5.69 Å². The van der Waals surface area contributed by atoms with Crippen LogP contribution in [0.2, 0.25) is 0 Å². The standard InChI is InChI=1S/C25H28BF2N3O2/c1-14-11-19(17-7-8-21(27)22(28)12-17)20(13-30-14)24-23(26)25(33-31-24)18-6-4-3-5-16(18)9-10-29-15(2)32/h3-8,12,14,19-20,30H,9-11,13,26H2,1-2H3,(H,29,32)/t14-,19+,20-/m0/s1. The van der Waals surface area contributed by atoms with E-state index in [9.17, 15) is 13.6 Å². The summed E-state index contributed by atoms with van der Waals surface area (Å²) < 4.78 is 33.4. The molecule has 4 rings (SSSR count). The van der Waals surface area contributed by atoms with Gasteiger partial charge in [-0.05, 0) is 54.4 Å². The molecule has 0 spiro atoms. The molecule has 8 heteroatoms. The fraction of sp³-hybridized carbons (Fsp3) is 0.360. The Morgan fingerprint density at radius 2 is 2.00 bits per heavy atom. The zero-order valence-electron chi connectivity index (χ0n) is 19.1. The summed E-state index contributed by atoms with van der Waals surface area (Å²) in [5.74, 6) is -1.08. The zero-order valence-corrected chi connectivity index (χ0v) is 19.1. The molecule has 3 aromatic rings. The van der Waals surface area contributed by atoms with Crippen molar-refractivity contribution in [2.75, 3.05) is 13.1 Å². The van der Waals surface area contributed by atoms with Crippen LogP contribution >= 0.6 is 0 Å². The molecule has 2 N–H and O–H groups in total. The van der Waals surface area contributed by atoms with Gasteiger partial charge in [0.2, 0.25) is 5.91 Å². The molecule has 1 amide bonds. The molecule has 2 heterocycles. The van der Waals surface area contributed by atoms with Crippen LogP contribution in [-0.2, 0) is 11.2 Å². The van der Waals surface area contributed by atoms with Gasteiger partial charge >= 0.3 is 0 Å². The van der Waals surface area contributed by atoms with Crippen molar-refractivity contribution < 1.29 is 18.1 Å². The van der Waals surface area contributed by atoms with Crippen LogP contribution in [0.4, 0.5) is 8.78 Å². The van der Waals surface area contributed by atoms with Crippen LogP contribution in [0.15, 0.2) is 47.0 Å². The van der Waals surface area contributed by atoms with Gasteiger partial charge in [0, 0.05) is 37.5 Å². The van der Waals surface area contributed by atoms with Gasteiger partial charge in [0.15, 0.2) is 17.4 Å². The van der Waals surface area contributed by atoms with E-state index in [0.29, 0.717) is 25.3 Å². The molecule has 1 saturated heterocycles. The third kappa shape index (κ3) is 5.01. The average molecular weight is 451 g/mol. The zero-order chi connectivity index (χ0) is 23.5. The van der Waals surface area contributed by atoms with Crippen molar-refractivity contribution in [3.8, 4) is 11.3 Å². The van der Waals surface area contributed by atoms with E-state index in [1.165, 1.54) is 19.1 Å². The van der Waals surface area contributed by atoms with Gasteiger partial charge in [0.25, 0.3) is 0 Å². The van der Waals surface area contributed by atoms with Crippen molar-refractivity contribution in [3.05, 3.63) is 70.9 Å². The minimum absolute atomic E-state index is 0.0111. The highest BCUT2D eigenvalue weighted by atomic mass is 19.2. The lowest BCUT2D eigenvalue weighted by Crippen LogP contribution is -2.41. The van der Waals surface area contributed by atoms with Crippen molar-refractivity contribution in [2.45, 2.75) is 44.6 Å². The molecular weight excluding hydrogens is 423 g/mol. The molecule has 5 nitrogen and oxygen atoms in total. The second kappa shape index (κ2) is 9.87. The summed E-state index contributed by atoms with van der Waals surface area (Å²) in [6.45, 7) is 4.80. The van der Waals surface area contributed by atoms with E-state index < -0.39 is 11.6 Å². The number of rotatable bonds is 6. The molecule has 172 valence electrons. The minimum Gasteiger partial charge on any atom is -0.357 e. The molecule has 0 bridgehead atoms. The highest BCUT2D eigenvalue weighted by molar-refractivity contribution is 6.36. The SMILES string of the molecule is Bc1c([C@H]2CN[C@@H](C)C[C@@H]2c2ccc(F)c(F)c2)noc1-c1ccccc1CCNC(C)=O. The van der Waals surface area contributed by atoms with Crippen LogP contribution < -0.4 is 16.1 Å². The summed E-state index contributed by atoms with van der Waals surface area (Å²) in [6.07, 6.45) is 1.45. The van der Waals surface area contributed by atoms with Gasteiger partial charge in [-0.1, -0.05) is 35.5 Å². The normalized spacial score (nSPS) is 20.5. The number of carbonyl (C=O) groups is 1. The summed E-state index contributed by atoms with van der Waals surface area (Å²) in [7, 11) is 1.99. The Balaban J connectivity index is 1.66. The van der Waals surface area contributed by atoms with Crippen LogP contribution in [0.25, 0.3) is 11.3 Å². The van der Waals surface area contributed by atoms with Gasteiger partial charge in [-0.3, -0.25) is 4.79 Å². The number of benzene rings is 2. The van der Waals surface area contributed by atoms with Crippen LogP contribution in [0.5, 0.6) is 0 Å².